The highest BCUT2D eigenvalue weighted by Crippen LogP contribution is 2.19. The maximum atomic E-state index is 12.7. The highest BCUT2D eigenvalue weighted by molar-refractivity contribution is 5.93. The van der Waals surface area contributed by atoms with Gasteiger partial charge in [-0.15, -0.1) is 0 Å². The van der Waals surface area contributed by atoms with Crippen LogP contribution in [-0.4, -0.2) is 66.0 Å². The first-order valence-electron chi connectivity index (χ1n) is 9.62. The zero-order valence-corrected chi connectivity index (χ0v) is 16.4. The first kappa shape index (κ1) is 19.8. The maximum absolute atomic E-state index is 12.7. The van der Waals surface area contributed by atoms with Crippen LogP contribution < -0.4 is 5.32 Å². The van der Waals surface area contributed by atoms with Gasteiger partial charge in [0.25, 0.3) is 5.91 Å². The lowest BCUT2D eigenvalue weighted by molar-refractivity contribution is 0.0526. The number of anilines is 2. The van der Waals surface area contributed by atoms with Crippen LogP contribution in [0.25, 0.3) is 0 Å². The molecule has 1 aliphatic heterocycles. The van der Waals surface area contributed by atoms with E-state index in [1.807, 2.05) is 11.0 Å². The Morgan fingerprint density at radius 3 is 2.39 bits per heavy atom. The topological polar surface area (TPSA) is 74.8 Å². The van der Waals surface area contributed by atoms with Gasteiger partial charge in [0.1, 0.15) is 5.69 Å². The molecule has 2 heterocycles. The molecule has 1 aliphatic rings. The van der Waals surface area contributed by atoms with Crippen molar-refractivity contribution < 1.29 is 14.3 Å². The van der Waals surface area contributed by atoms with Gasteiger partial charge in [0, 0.05) is 43.8 Å². The van der Waals surface area contributed by atoms with E-state index >= 15 is 0 Å². The van der Waals surface area contributed by atoms with Crippen LogP contribution in [0.5, 0.6) is 0 Å². The van der Waals surface area contributed by atoms with Gasteiger partial charge in [-0.1, -0.05) is 6.92 Å². The van der Waals surface area contributed by atoms with E-state index in [0.717, 1.165) is 44.1 Å². The van der Waals surface area contributed by atoms with Crippen LogP contribution in [0.15, 0.2) is 42.6 Å². The number of esters is 1. The number of rotatable bonds is 6. The molecular formula is C21H26N4O3. The van der Waals surface area contributed by atoms with Gasteiger partial charge in [-0.3, -0.25) is 9.78 Å². The Hall–Kier alpha value is -2.93. The number of benzene rings is 1. The smallest absolute Gasteiger partial charge is 0.338 e. The zero-order chi connectivity index (χ0) is 19.9. The summed E-state index contributed by atoms with van der Waals surface area (Å²) >= 11 is 0. The minimum Gasteiger partial charge on any atom is -0.462 e. The van der Waals surface area contributed by atoms with Crippen LogP contribution in [0.4, 0.5) is 11.4 Å². The Morgan fingerprint density at radius 1 is 1.04 bits per heavy atom. The quantitative estimate of drug-likeness (QED) is 0.775. The second-order valence-corrected chi connectivity index (χ2v) is 6.58. The Bertz CT molecular complexity index is 815. The van der Waals surface area contributed by atoms with E-state index in [4.69, 9.17) is 4.74 Å². The first-order chi connectivity index (χ1) is 13.6. The lowest BCUT2D eigenvalue weighted by Gasteiger charge is -2.33. The van der Waals surface area contributed by atoms with E-state index in [2.05, 4.69) is 22.1 Å². The molecule has 148 valence electrons. The summed E-state index contributed by atoms with van der Waals surface area (Å²) in [4.78, 5) is 32.9. The third-order valence-electron chi connectivity index (χ3n) is 4.77. The minimum absolute atomic E-state index is 0.0444. The Balaban J connectivity index is 1.65. The van der Waals surface area contributed by atoms with Crippen LogP contribution in [0.2, 0.25) is 0 Å². The van der Waals surface area contributed by atoms with Crippen molar-refractivity contribution >= 4 is 23.3 Å². The lowest BCUT2D eigenvalue weighted by Crippen LogP contribution is -2.48. The summed E-state index contributed by atoms with van der Waals surface area (Å²) < 4.78 is 4.99. The molecule has 0 saturated carbocycles. The van der Waals surface area contributed by atoms with Crippen LogP contribution in [0.3, 0.4) is 0 Å². The third kappa shape index (κ3) is 4.86. The number of pyridine rings is 1. The first-order valence-corrected chi connectivity index (χ1v) is 9.62. The number of nitrogens with one attached hydrogen (secondary N) is 1. The van der Waals surface area contributed by atoms with Crippen molar-refractivity contribution in [1.29, 1.82) is 0 Å². The van der Waals surface area contributed by atoms with E-state index in [1.54, 1.807) is 43.5 Å². The molecule has 28 heavy (non-hydrogen) atoms. The highest BCUT2D eigenvalue weighted by Gasteiger charge is 2.22. The molecule has 1 fully saturated rings. The summed E-state index contributed by atoms with van der Waals surface area (Å²) in [6.45, 7) is 8.50. The molecule has 1 aromatic carbocycles. The fraction of sp³-hybridized carbons (Fsp3) is 0.381. The number of piperazine rings is 1. The highest BCUT2D eigenvalue weighted by atomic mass is 16.5. The third-order valence-corrected chi connectivity index (χ3v) is 4.77. The van der Waals surface area contributed by atoms with Crippen molar-refractivity contribution in [3.8, 4) is 0 Å². The number of hydrogen-bond donors (Lipinski definition) is 1. The average Bonchev–Trinajstić information content (AvgIpc) is 2.74. The van der Waals surface area contributed by atoms with E-state index < -0.39 is 0 Å². The molecular weight excluding hydrogens is 356 g/mol. The predicted molar refractivity (Wildman–Crippen MR) is 108 cm³/mol. The molecule has 2 aromatic rings. The SMILES string of the molecule is CCOC(=O)c1ccc(Nc2ccnc(C(=O)N3CCN(CC)CC3)c2)cc1. The number of carbonyl (C=O) groups is 2. The number of carbonyl (C=O) groups excluding carboxylic acids is 2. The molecule has 0 bridgehead atoms. The number of hydrogen-bond acceptors (Lipinski definition) is 6. The van der Waals surface area contributed by atoms with Crippen molar-refractivity contribution in [3.05, 3.63) is 53.9 Å². The van der Waals surface area contributed by atoms with Crippen LogP contribution in [0.1, 0.15) is 34.7 Å². The maximum Gasteiger partial charge on any atom is 0.338 e. The van der Waals surface area contributed by atoms with Gasteiger partial charge in [-0.25, -0.2) is 4.79 Å². The van der Waals surface area contributed by atoms with Gasteiger partial charge < -0.3 is 19.9 Å². The second-order valence-electron chi connectivity index (χ2n) is 6.58. The summed E-state index contributed by atoms with van der Waals surface area (Å²) in [5, 5.41) is 3.25. The largest absolute Gasteiger partial charge is 0.462 e. The number of likely N-dealkylation sites (N-methyl/N-ethyl adjacent to an activating group) is 1. The molecule has 7 heteroatoms. The lowest BCUT2D eigenvalue weighted by atomic mass is 10.2. The van der Waals surface area contributed by atoms with Gasteiger partial charge >= 0.3 is 5.97 Å². The average molecular weight is 382 g/mol. The van der Waals surface area contributed by atoms with Crippen LogP contribution >= 0.6 is 0 Å². The zero-order valence-electron chi connectivity index (χ0n) is 16.4. The summed E-state index contributed by atoms with van der Waals surface area (Å²) in [5.41, 5.74) is 2.52. The Kier molecular flexibility index (Phi) is 6.60. The number of amides is 1. The standard InChI is InChI=1S/C21H26N4O3/c1-3-24-11-13-25(14-12-24)20(26)19-15-18(9-10-22-19)23-17-7-5-16(6-8-17)21(27)28-4-2/h5-10,15H,3-4,11-14H2,1-2H3,(H,22,23). The van der Waals surface area contributed by atoms with Gasteiger partial charge in [-0.05, 0) is 49.9 Å². The molecule has 0 spiro atoms. The monoisotopic (exact) mass is 382 g/mol. The van der Waals surface area contributed by atoms with E-state index in [1.165, 1.54) is 0 Å². The Labute approximate surface area is 165 Å². The molecule has 1 aromatic heterocycles. The number of ether oxygens (including phenoxy) is 1. The molecule has 3 rings (SSSR count). The van der Waals surface area contributed by atoms with Crippen LogP contribution in [-0.2, 0) is 4.74 Å². The van der Waals surface area contributed by atoms with Crippen molar-refractivity contribution in [2.75, 3.05) is 44.6 Å². The summed E-state index contributed by atoms with van der Waals surface area (Å²) in [7, 11) is 0. The fourth-order valence-electron chi connectivity index (χ4n) is 3.13. The molecule has 0 radical (unpaired) electrons. The van der Waals surface area contributed by atoms with Gasteiger partial charge in [-0.2, -0.15) is 0 Å². The van der Waals surface area contributed by atoms with Gasteiger partial charge in [0.05, 0.1) is 12.2 Å². The molecule has 1 amide bonds. The minimum atomic E-state index is -0.339. The number of nitrogens with zero attached hydrogens (tertiary/aromatic N) is 3. The predicted octanol–water partition coefficient (Wildman–Crippen LogP) is 2.78. The van der Waals surface area contributed by atoms with E-state index in [-0.39, 0.29) is 11.9 Å². The molecule has 0 aliphatic carbocycles. The van der Waals surface area contributed by atoms with Crippen molar-refractivity contribution in [2.24, 2.45) is 0 Å². The molecule has 1 saturated heterocycles. The molecule has 7 nitrogen and oxygen atoms in total. The summed E-state index contributed by atoms with van der Waals surface area (Å²) in [6.07, 6.45) is 1.63. The molecule has 1 N–H and O–H groups in total. The Morgan fingerprint density at radius 2 is 1.75 bits per heavy atom. The molecule has 0 unspecified atom stereocenters. The second kappa shape index (κ2) is 9.32. The summed E-state index contributed by atoms with van der Waals surface area (Å²) in [6, 6.07) is 10.6. The van der Waals surface area contributed by atoms with Gasteiger partial charge in [0.15, 0.2) is 0 Å². The van der Waals surface area contributed by atoms with Gasteiger partial charge in [0.2, 0.25) is 0 Å². The van der Waals surface area contributed by atoms with Crippen molar-refractivity contribution in [2.45, 2.75) is 13.8 Å². The van der Waals surface area contributed by atoms with Crippen molar-refractivity contribution in [1.82, 2.24) is 14.8 Å². The number of aromatic nitrogens is 1. The fourth-order valence-corrected chi connectivity index (χ4v) is 3.13. The molecule has 0 atom stereocenters. The summed E-state index contributed by atoms with van der Waals surface area (Å²) in [5.74, 6) is -0.383. The normalized spacial score (nSPS) is 14.6. The van der Waals surface area contributed by atoms with E-state index in [0.29, 0.717) is 17.9 Å². The van der Waals surface area contributed by atoms with Crippen molar-refractivity contribution in [3.63, 3.8) is 0 Å². The van der Waals surface area contributed by atoms with Crippen LogP contribution in [0, 0.1) is 0 Å². The van der Waals surface area contributed by atoms with E-state index in [9.17, 15) is 9.59 Å².